The highest BCUT2D eigenvalue weighted by atomic mass is 16.5. The molecule has 0 aliphatic heterocycles. The van der Waals surface area contributed by atoms with Gasteiger partial charge in [0.15, 0.2) is 12.2 Å². The fourth-order valence-corrected chi connectivity index (χ4v) is 1.92. The van der Waals surface area contributed by atoms with Crippen LogP contribution in [0.3, 0.4) is 0 Å². The van der Waals surface area contributed by atoms with Crippen molar-refractivity contribution in [3.63, 3.8) is 0 Å². The first-order valence-electron chi connectivity index (χ1n) is 5.82. The lowest BCUT2D eigenvalue weighted by Gasteiger charge is -2.15. The van der Waals surface area contributed by atoms with Crippen LogP contribution in [0.15, 0.2) is 29.1 Å². The normalized spacial score (nSPS) is 10.7. The predicted molar refractivity (Wildman–Crippen MR) is 69.1 cm³/mol. The van der Waals surface area contributed by atoms with Crippen LogP contribution in [0.25, 0.3) is 11.3 Å². The van der Waals surface area contributed by atoms with Gasteiger partial charge >= 0.3 is 0 Å². The quantitative estimate of drug-likeness (QED) is 0.829. The Morgan fingerprint density at radius 1 is 1.11 bits per heavy atom. The van der Waals surface area contributed by atoms with E-state index in [-0.39, 0.29) is 0 Å². The zero-order chi connectivity index (χ0) is 13.1. The highest BCUT2D eigenvalue weighted by Crippen LogP contribution is 2.38. The van der Waals surface area contributed by atoms with Gasteiger partial charge in [-0.3, -0.25) is 0 Å². The highest BCUT2D eigenvalue weighted by Gasteiger charge is 2.16. The molecule has 4 heteroatoms. The van der Waals surface area contributed by atoms with Gasteiger partial charge in [0.2, 0.25) is 0 Å². The average molecular weight is 247 g/mol. The summed E-state index contributed by atoms with van der Waals surface area (Å²) in [6.45, 7) is 4.24. The predicted octanol–water partition coefficient (Wildman–Crippen LogP) is 3.48. The molecule has 18 heavy (non-hydrogen) atoms. The summed E-state index contributed by atoms with van der Waals surface area (Å²) in [4.78, 5) is 3.94. The van der Waals surface area contributed by atoms with E-state index in [4.69, 9.17) is 13.9 Å². The average Bonchev–Trinajstić information content (AvgIpc) is 2.90. The Labute approximate surface area is 107 Å². The molecule has 1 aromatic carbocycles. The molecule has 0 aliphatic carbocycles. The summed E-state index contributed by atoms with van der Waals surface area (Å²) < 4.78 is 16.1. The van der Waals surface area contributed by atoms with Crippen LogP contribution in [-0.2, 0) is 0 Å². The lowest BCUT2D eigenvalue weighted by atomic mass is 9.98. The molecule has 2 aromatic rings. The first kappa shape index (κ1) is 12.5. The lowest BCUT2D eigenvalue weighted by Crippen LogP contribution is -1.97. The largest absolute Gasteiger partial charge is 0.496 e. The summed E-state index contributed by atoms with van der Waals surface area (Å²) in [7, 11) is 3.29. The maximum Gasteiger partial charge on any atom is 0.181 e. The molecule has 96 valence electrons. The van der Waals surface area contributed by atoms with E-state index >= 15 is 0 Å². The Hall–Kier alpha value is -1.97. The monoisotopic (exact) mass is 247 g/mol. The molecule has 4 nitrogen and oxygen atoms in total. The molecule has 0 spiro atoms. The van der Waals surface area contributed by atoms with E-state index in [1.807, 2.05) is 12.1 Å². The number of rotatable bonds is 4. The summed E-state index contributed by atoms with van der Waals surface area (Å²) in [6, 6.07) is 3.91. The molecule has 0 saturated heterocycles. The van der Waals surface area contributed by atoms with Crippen molar-refractivity contribution in [1.82, 2.24) is 4.98 Å². The van der Waals surface area contributed by atoms with Gasteiger partial charge in [-0.05, 0) is 17.5 Å². The molecule has 1 aromatic heterocycles. The number of methoxy groups -OCH3 is 2. The SMILES string of the molecule is COc1cc(OC)c(C(C)C)cc1-c1cnco1. The van der Waals surface area contributed by atoms with Crippen molar-refractivity contribution in [2.24, 2.45) is 0 Å². The van der Waals surface area contributed by atoms with Gasteiger partial charge in [0.1, 0.15) is 11.5 Å². The van der Waals surface area contributed by atoms with Crippen LogP contribution < -0.4 is 9.47 Å². The highest BCUT2D eigenvalue weighted by molar-refractivity contribution is 5.69. The van der Waals surface area contributed by atoms with Crippen molar-refractivity contribution in [3.8, 4) is 22.8 Å². The van der Waals surface area contributed by atoms with Crippen LogP contribution in [0, 0.1) is 0 Å². The van der Waals surface area contributed by atoms with E-state index in [0.29, 0.717) is 17.4 Å². The Morgan fingerprint density at radius 2 is 1.83 bits per heavy atom. The van der Waals surface area contributed by atoms with Crippen molar-refractivity contribution in [3.05, 3.63) is 30.3 Å². The van der Waals surface area contributed by atoms with Crippen LogP contribution in [0.2, 0.25) is 0 Å². The lowest BCUT2D eigenvalue weighted by molar-refractivity contribution is 0.390. The van der Waals surface area contributed by atoms with Gasteiger partial charge in [-0.15, -0.1) is 0 Å². The zero-order valence-electron chi connectivity index (χ0n) is 11.1. The van der Waals surface area contributed by atoms with Gasteiger partial charge in [0.25, 0.3) is 0 Å². The van der Waals surface area contributed by atoms with Gasteiger partial charge in [0.05, 0.1) is 26.0 Å². The minimum absolute atomic E-state index is 0.354. The van der Waals surface area contributed by atoms with E-state index in [2.05, 4.69) is 18.8 Å². The first-order valence-corrected chi connectivity index (χ1v) is 5.82. The molecule has 0 fully saturated rings. The Balaban J connectivity index is 2.61. The third-order valence-electron chi connectivity index (χ3n) is 2.87. The van der Waals surface area contributed by atoms with E-state index in [1.54, 1.807) is 20.4 Å². The minimum Gasteiger partial charge on any atom is -0.496 e. The van der Waals surface area contributed by atoms with E-state index in [0.717, 1.165) is 16.9 Å². The summed E-state index contributed by atoms with van der Waals surface area (Å²) in [6.07, 6.45) is 3.09. The number of aromatic nitrogens is 1. The number of hydrogen-bond donors (Lipinski definition) is 0. The zero-order valence-corrected chi connectivity index (χ0v) is 11.1. The summed E-state index contributed by atoms with van der Waals surface area (Å²) in [5.74, 6) is 2.59. The number of nitrogens with zero attached hydrogens (tertiary/aromatic N) is 1. The fourth-order valence-electron chi connectivity index (χ4n) is 1.92. The third kappa shape index (κ3) is 2.18. The molecule has 0 amide bonds. The fraction of sp³-hybridized carbons (Fsp3) is 0.357. The molecule has 0 atom stereocenters. The van der Waals surface area contributed by atoms with Crippen LogP contribution in [0.5, 0.6) is 11.5 Å². The van der Waals surface area contributed by atoms with Crippen LogP contribution >= 0.6 is 0 Å². The molecule has 0 bridgehead atoms. The minimum atomic E-state index is 0.354. The van der Waals surface area contributed by atoms with Gasteiger partial charge in [-0.1, -0.05) is 13.8 Å². The second kappa shape index (κ2) is 5.12. The Morgan fingerprint density at radius 3 is 2.33 bits per heavy atom. The van der Waals surface area contributed by atoms with Gasteiger partial charge in [0, 0.05) is 6.07 Å². The van der Waals surface area contributed by atoms with E-state index in [1.165, 1.54) is 6.39 Å². The van der Waals surface area contributed by atoms with Crippen LogP contribution in [0.1, 0.15) is 25.3 Å². The van der Waals surface area contributed by atoms with Crippen LogP contribution in [-0.4, -0.2) is 19.2 Å². The second-order valence-corrected chi connectivity index (χ2v) is 4.31. The Kier molecular flexibility index (Phi) is 3.55. The number of oxazole rings is 1. The standard InChI is InChI=1S/C14H17NO3/c1-9(2)10-5-11(14-7-15-8-18-14)13(17-4)6-12(10)16-3/h5-9H,1-4H3. The topological polar surface area (TPSA) is 44.5 Å². The van der Waals surface area contributed by atoms with Crippen molar-refractivity contribution < 1.29 is 13.9 Å². The number of benzene rings is 1. The maximum absolute atomic E-state index is 5.40. The summed E-state index contributed by atoms with van der Waals surface area (Å²) >= 11 is 0. The van der Waals surface area contributed by atoms with Crippen molar-refractivity contribution >= 4 is 0 Å². The van der Waals surface area contributed by atoms with E-state index < -0.39 is 0 Å². The second-order valence-electron chi connectivity index (χ2n) is 4.31. The summed E-state index contributed by atoms with van der Waals surface area (Å²) in [5.41, 5.74) is 2.00. The van der Waals surface area contributed by atoms with Gasteiger partial charge in [-0.2, -0.15) is 0 Å². The molecule has 2 rings (SSSR count). The molecule has 0 N–H and O–H groups in total. The van der Waals surface area contributed by atoms with Crippen molar-refractivity contribution in [1.29, 1.82) is 0 Å². The third-order valence-corrected chi connectivity index (χ3v) is 2.87. The molecular weight excluding hydrogens is 230 g/mol. The summed E-state index contributed by atoms with van der Waals surface area (Å²) in [5, 5.41) is 0. The van der Waals surface area contributed by atoms with Gasteiger partial charge in [-0.25, -0.2) is 4.98 Å². The van der Waals surface area contributed by atoms with E-state index in [9.17, 15) is 0 Å². The van der Waals surface area contributed by atoms with Crippen LogP contribution in [0.4, 0.5) is 0 Å². The molecule has 0 radical (unpaired) electrons. The molecular formula is C14H17NO3. The van der Waals surface area contributed by atoms with Gasteiger partial charge < -0.3 is 13.9 Å². The van der Waals surface area contributed by atoms with Crippen molar-refractivity contribution in [2.45, 2.75) is 19.8 Å². The van der Waals surface area contributed by atoms with Crippen molar-refractivity contribution in [2.75, 3.05) is 14.2 Å². The number of hydrogen-bond acceptors (Lipinski definition) is 4. The first-order chi connectivity index (χ1) is 8.67. The molecule has 0 unspecified atom stereocenters. The molecule has 0 saturated carbocycles. The maximum atomic E-state index is 5.40. The molecule has 1 heterocycles. The smallest absolute Gasteiger partial charge is 0.181 e. The Bertz CT molecular complexity index is 518. The molecule has 0 aliphatic rings. The number of ether oxygens (including phenoxy) is 2.